The van der Waals surface area contributed by atoms with Crippen LogP contribution in [0.25, 0.3) is 0 Å². The predicted octanol–water partition coefficient (Wildman–Crippen LogP) is -0.762. The van der Waals surface area contributed by atoms with Crippen molar-refractivity contribution < 1.29 is 9.59 Å². The fourth-order valence-electron chi connectivity index (χ4n) is 0.859. The van der Waals surface area contributed by atoms with Gasteiger partial charge in [0.2, 0.25) is 11.8 Å². The van der Waals surface area contributed by atoms with Gasteiger partial charge in [-0.1, -0.05) is 6.92 Å². The number of amides is 2. The Morgan fingerprint density at radius 1 is 1.07 bits per heavy atom. The lowest BCUT2D eigenvalue weighted by molar-refractivity contribution is -0.125. The van der Waals surface area contributed by atoms with Crippen molar-refractivity contribution in [3.8, 4) is 0 Å². The summed E-state index contributed by atoms with van der Waals surface area (Å²) in [6.45, 7) is 5.85. The van der Waals surface area contributed by atoms with Gasteiger partial charge in [0.05, 0.1) is 6.54 Å². The van der Waals surface area contributed by atoms with Crippen LogP contribution in [0.15, 0.2) is 0 Å². The molecule has 3 N–H and O–H groups in total. The molecule has 0 saturated heterocycles. The molecule has 5 nitrogen and oxygen atoms in total. The molecule has 0 heterocycles. The molecule has 0 atom stereocenters. The monoisotopic (exact) mass is 201 g/mol. The second-order valence-corrected chi connectivity index (χ2v) is 3.01. The minimum Gasteiger partial charge on any atom is -0.353 e. The highest BCUT2D eigenvalue weighted by Gasteiger charge is 1.99. The first-order chi connectivity index (χ1) is 6.66. The zero-order valence-corrected chi connectivity index (χ0v) is 8.85. The molecular weight excluding hydrogens is 182 g/mol. The highest BCUT2D eigenvalue weighted by atomic mass is 16.2. The average molecular weight is 201 g/mol. The van der Waals surface area contributed by atoms with E-state index in [2.05, 4.69) is 22.9 Å². The normalized spacial score (nSPS) is 9.57. The van der Waals surface area contributed by atoms with Gasteiger partial charge in [0.25, 0.3) is 0 Å². The van der Waals surface area contributed by atoms with Gasteiger partial charge >= 0.3 is 0 Å². The number of hydrogen-bond acceptors (Lipinski definition) is 3. The molecule has 0 saturated carbocycles. The van der Waals surface area contributed by atoms with E-state index in [0.29, 0.717) is 6.54 Å². The summed E-state index contributed by atoms with van der Waals surface area (Å²) in [6.07, 6.45) is 1.08. The Hall–Kier alpha value is -1.10. The lowest BCUT2D eigenvalue weighted by atomic mass is 10.4. The third kappa shape index (κ3) is 8.99. The van der Waals surface area contributed by atoms with E-state index in [1.807, 2.05) is 0 Å². The van der Waals surface area contributed by atoms with Gasteiger partial charge in [-0.2, -0.15) is 0 Å². The Labute approximate surface area is 84.6 Å². The molecular formula is C9H19N3O2. The molecule has 5 heteroatoms. The van der Waals surface area contributed by atoms with Gasteiger partial charge in [0, 0.05) is 20.0 Å². The van der Waals surface area contributed by atoms with E-state index in [-0.39, 0.29) is 18.4 Å². The predicted molar refractivity (Wildman–Crippen MR) is 54.9 cm³/mol. The summed E-state index contributed by atoms with van der Waals surface area (Å²) in [7, 11) is 0. The van der Waals surface area contributed by atoms with E-state index >= 15 is 0 Å². The first kappa shape index (κ1) is 12.9. The molecule has 0 radical (unpaired) electrons. The highest BCUT2D eigenvalue weighted by Crippen LogP contribution is 1.69. The number of carbonyl (C=O) groups is 2. The largest absolute Gasteiger partial charge is 0.353 e. The third-order valence-electron chi connectivity index (χ3n) is 1.55. The van der Waals surface area contributed by atoms with E-state index in [1.165, 1.54) is 6.92 Å². The van der Waals surface area contributed by atoms with E-state index in [9.17, 15) is 9.59 Å². The Morgan fingerprint density at radius 2 is 1.79 bits per heavy atom. The quantitative estimate of drug-likeness (QED) is 0.474. The molecule has 0 aromatic heterocycles. The summed E-state index contributed by atoms with van der Waals surface area (Å²) in [5.41, 5.74) is 0. The fourth-order valence-corrected chi connectivity index (χ4v) is 0.859. The van der Waals surface area contributed by atoms with Crippen LogP contribution in [0.5, 0.6) is 0 Å². The number of carbonyl (C=O) groups excluding carboxylic acids is 2. The Kier molecular flexibility index (Phi) is 7.83. The summed E-state index contributed by atoms with van der Waals surface area (Å²) < 4.78 is 0. The maximum absolute atomic E-state index is 11.0. The van der Waals surface area contributed by atoms with Crippen LogP contribution in [-0.2, 0) is 9.59 Å². The van der Waals surface area contributed by atoms with Gasteiger partial charge in [0.15, 0.2) is 0 Å². The van der Waals surface area contributed by atoms with Gasteiger partial charge in [-0.05, 0) is 13.0 Å². The maximum atomic E-state index is 11.0. The van der Waals surface area contributed by atoms with Gasteiger partial charge in [-0.3, -0.25) is 9.59 Å². The first-order valence-electron chi connectivity index (χ1n) is 4.88. The smallest absolute Gasteiger partial charge is 0.239 e. The van der Waals surface area contributed by atoms with Crippen LogP contribution in [0.1, 0.15) is 20.3 Å². The summed E-state index contributed by atoms with van der Waals surface area (Å²) >= 11 is 0. The zero-order valence-electron chi connectivity index (χ0n) is 8.85. The summed E-state index contributed by atoms with van der Waals surface area (Å²) in [6, 6.07) is 0. The van der Waals surface area contributed by atoms with Gasteiger partial charge in [-0.25, -0.2) is 0 Å². The molecule has 0 aliphatic rings. The lowest BCUT2D eigenvalue weighted by Crippen LogP contribution is -2.39. The molecule has 0 spiro atoms. The molecule has 0 bridgehead atoms. The number of hydrogen-bond donors (Lipinski definition) is 3. The van der Waals surface area contributed by atoms with Crippen LogP contribution in [-0.4, -0.2) is 38.0 Å². The second-order valence-electron chi connectivity index (χ2n) is 3.01. The van der Waals surface area contributed by atoms with Gasteiger partial charge < -0.3 is 16.0 Å². The summed E-state index contributed by atoms with van der Waals surface area (Å²) in [5, 5.41) is 8.26. The molecule has 0 rings (SSSR count). The van der Waals surface area contributed by atoms with E-state index < -0.39 is 0 Å². The molecule has 2 amide bonds. The highest BCUT2D eigenvalue weighted by molar-refractivity contribution is 5.83. The topological polar surface area (TPSA) is 70.2 Å². The average Bonchev–Trinajstić information content (AvgIpc) is 2.14. The Balaban J connectivity index is 3.22. The van der Waals surface area contributed by atoms with E-state index in [0.717, 1.165) is 19.5 Å². The summed E-state index contributed by atoms with van der Waals surface area (Å²) in [5.74, 6) is -0.345. The van der Waals surface area contributed by atoms with Crippen molar-refractivity contribution in [2.24, 2.45) is 0 Å². The van der Waals surface area contributed by atoms with Crippen molar-refractivity contribution in [1.29, 1.82) is 0 Å². The molecule has 0 aliphatic carbocycles. The molecule has 0 fully saturated rings. The van der Waals surface area contributed by atoms with Crippen LogP contribution >= 0.6 is 0 Å². The van der Waals surface area contributed by atoms with Gasteiger partial charge in [0.1, 0.15) is 0 Å². The molecule has 0 aliphatic heterocycles. The standard InChI is InChI=1S/C9H19N3O2/c1-3-4-10-5-6-11-9(14)7-12-8(2)13/h10H,3-7H2,1-2H3,(H,11,14)(H,12,13). The SMILES string of the molecule is CCCNCCNC(=O)CNC(C)=O. The molecule has 14 heavy (non-hydrogen) atoms. The Morgan fingerprint density at radius 3 is 2.36 bits per heavy atom. The van der Waals surface area contributed by atoms with Crippen LogP contribution < -0.4 is 16.0 Å². The fraction of sp³-hybridized carbons (Fsp3) is 0.778. The van der Waals surface area contributed by atoms with Crippen LogP contribution in [0.2, 0.25) is 0 Å². The van der Waals surface area contributed by atoms with Crippen LogP contribution in [0.4, 0.5) is 0 Å². The second kappa shape index (κ2) is 8.50. The minimum atomic E-state index is -0.191. The van der Waals surface area contributed by atoms with Crippen molar-refractivity contribution in [2.75, 3.05) is 26.2 Å². The summed E-state index contributed by atoms with van der Waals surface area (Å²) in [4.78, 5) is 21.5. The van der Waals surface area contributed by atoms with Gasteiger partial charge in [-0.15, -0.1) is 0 Å². The molecule has 0 aromatic rings. The van der Waals surface area contributed by atoms with E-state index in [4.69, 9.17) is 0 Å². The number of nitrogens with one attached hydrogen (secondary N) is 3. The number of rotatable bonds is 7. The lowest BCUT2D eigenvalue weighted by Gasteiger charge is -2.06. The van der Waals surface area contributed by atoms with Crippen molar-refractivity contribution in [3.05, 3.63) is 0 Å². The first-order valence-corrected chi connectivity index (χ1v) is 4.88. The van der Waals surface area contributed by atoms with Crippen molar-refractivity contribution in [1.82, 2.24) is 16.0 Å². The van der Waals surface area contributed by atoms with Crippen molar-refractivity contribution in [3.63, 3.8) is 0 Å². The third-order valence-corrected chi connectivity index (χ3v) is 1.55. The van der Waals surface area contributed by atoms with Crippen molar-refractivity contribution in [2.45, 2.75) is 20.3 Å². The van der Waals surface area contributed by atoms with Crippen LogP contribution in [0, 0.1) is 0 Å². The molecule has 0 aromatic carbocycles. The van der Waals surface area contributed by atoms with E-state index in [1.54, 1.807) is 0 Å². The minimum absolute atomic E-state index is 0.0586. The van der Waals surface area contributed by atoms with Crippen molar-refractivity contribution >= 4 is 11.8 Å². The Bertz CT molecular complexity index is 183. The maximum Gasteiger partial charge on any atom is 0.239 e. The molecule has 0 unspecified atom stereocenters. The molecule has 82 valence electrons. The zero-order chi connectivity index (χ0) is 10.8. The van der Waals surface area contributed by atoms with Crippen LogP contribution in [0.3, 0.4) is 0 Å².